The van der Waals surface area contributed by atoms with Crippen LogP contribution < -0.4 is 5.73 Å². The average molecular weight is 250 g/mol. The number of hydrogen-bond donors (Lipinski definition) is 3. The van der Waals surface area contributed by atoms with Gasteiger partial charge in [0.25, 0.3) is 0 Å². The zero-order valence-electron chi connectivity index (χ0n) is 10.5. The number of aromatic nitrogens is 1. The van der Waals surface area contributed by atoms with E-state index >= 15 is 0 Å². The number of unbranched alkanes of at least 4 members (excludes halogenated alkanes) is 1. The number of carbonyl (C=O) groups is 1. The molecular weight excluding hydrogens is 231 g/mol. The Morgan fingerprint density at radius 3 is 2.78 bits per heavy atom. The molecule has 4 N–H and O–H groups in total. The molecule has 2 atom stereocenters. The largest absolute Gasteiger partial charge is 0.480 e. The Bertz CT molecular complexity index is 388. The topological polar surface area (TPSA) is 96.4 Å². The summed E-state index contributed by atoms with van der Waals surface area (Å²) >= 11 is 0. The second kappa shape index (κ2) is 6.51. The molecule has 0 aliphatic carbocycles. The van der Waals surface area contributed by atoms with Crippen LogP contribution in [0, 0.1) is 0 Å². The molecule has 0 aromatic carbocycles. The number of aliphatic hydroxyl groups excluding tert-OH is 1. The summed E-state index contributed by atoms with van der Waals surface area (Å²) in [6.45, 7) is 0. The quantitative estimate of drug-likeness (QED) is 0.471. The van der Waals surface area contributed by atoms with Crippen molar-refractivity contribution in [2.75, 3.05) is 0 Å². The van der Waals surface area contributed by atoms with Gasteiger partial charge in [-0.3, -0.25) is 9.78 Å². The van der Waals surface area contributed by atoms with E-state index in [0.717, 1.165) is 12.7 Å². The SMILES string of the molecule is BCCCCC(N)(C(=O)O)C(O)c1cccnc1. The van der Waals surface area contributed by atoms with Crippen molar-refractivity contribution < 1.29 is 15.0 Å². The third-order valence-electron chi connectivity index (χ3n) is 3.08. The summed E-state index contributed by atoms with van der Waals surface area (Å²) in [7, 11) is 2.02. The minimum atomic E-state index is -1.65. The first kappa shape index (κ1) is 14.7. The number of carboxylic acids is 1. The molecule has 0 amide bonds. The fraction of sp³-hybridized carbons (Fsp3) is 0.500. The van der Waals surface area contributed by atoms with Gasteiger partial charge in [-0.25, -0.2) is 0 Å². The van der Waals surface area contributed by atoms with Crippen LogP contribution >= 0.6 is 0 Å². The number of rotatable bonds is 7. The highest BCUT2D eigenvalue weighted by Gasteiger charge is 2.41. The molecule has 1 rings (SSSR count). The van der Waals surface area contributed by atoms with Gasteiger partial charge >= 0.3 is 5.97 Å². The number of aliphatic hydroxyl groups is 1. The van der Waals surface area contributed by atoms with Crippen LogP contribution in [-0.2, 0) is 4.79 Å². The first-order valence-corrected chi connectivity index (χ1v) is 6.12. The zero-order chi connectivity index (χ0) is 13.6. The number of pyridine rings is 1. The van der Waals surface area contributed by atoms with Crippen molar-refractivity contribution in [3.05, 3.63) is 30.1 Å². The standard InChI is InChI=1S/C12H19BN2O3/c13-6-2-1-5-12(14,11(17)18)10(16)9-4-3-7-15-8-9/h3-4,7-8,10,16H,1-2,5-6,13-14H2,(H,17,18). The molecule has 0 saturated carbocycles. The van der Waals surface area contributed by atoms with Crippen LogP contribution in [-0.4, -0.2) is 34.6 Å². The Morgan fingerprint density at radius 1 is 1.56 bits per heavy atom. The van der Waals surface area contributed by atoms with Gasteiger partial charge in [-0.2, -0.15) is 0 Å². The maximum absolute atomic E-state index is 11.3. The van der Waals surface area contributed by atoms with Crippen LogP contribution in [0.25, 0.3) is 0 Å². The molecule has 6 heteroatoms. The van der Waals surface area contributed by atoms with Crippen molar-refractivity contribution in [3.63, 3.8) is 0 Å². The smallest absolute Gasteiger partial charge is 0.326 e. The number of nitrogens with two attached hydrogens (primary N) is 1. The maximum Gasteiger partial charge on any atom is 0.326 e. The van der Waals surface area contributed by atoms with E-state index in [1.165, 1.54) is 6.20 Å². The average Bonchev–Trinajstić information content (AvgIpc) is 2.38. The minimum Gasteiger partial charge on any atom is -0.480 e. The molecule has 0 aliphatic rings. The molecule has 0 bridgehead atoms. The van der Waals surface area contributed by atoms with Crippen molar-refractivity contribution in [3.8, 4) is 0 Å². The van der Waals surface area contributed by atoms with E-state index in [-0.39, 0.29) is 6.42 Å². The van der Waals surface area contributed by atoms with Crippen LogP contribution in [0.5, 0.6) is 0 Å². The van der Waals surface area contributed by atoms with Gasteiger partial charge in [0.15, 0.2) is 0 Å². The molecule has 18 heavy (non-hydrogen) atoms. The van der Waals surface area contributed by atoms with Crippen LogP contribution in [0.2, 0.25) is 6.32 Å². The lowest BCUT2D eigenvalue weighted by Crippen LogP contribution is -2.53. The van der Waals surface area contributed by atoms with Crippen molar-refractivity contribution >= 4 is 13.8 Å². The van der Waals surface area contributed by atoms with E-state index < -0.39 is 17.6 Å². The summed E-state index contributed by atoms with van der Waals surface area (Å²) in [6.07, 6.45) is 4.54. The first-order chi connectivity index (χ1) is 8.52. The lowest BCUT2D eigenvalue weighted by Gasteiger charge is -2.30. The summed E-state index contributed by atoms with van der Waals surface area (Å²) in [5.74, 6) is -1.19. The van der Waals surface area contributed by atoms with Gasteiger partial charge in [0.1, 0.15) is 19.5 Å². The molecule has 98 valence electrons. The molecule has 0 saturated heterocycles. The summed E-state index contributed by atoms with van der Waals surface area (Å²) in [6, 6.07) is 3.27. The van der Waals surface area contributed by atoms with Gasteiger partial charge in [-0.15, -0.1) is 0 Å². The fourth-order valence-electron chi connectivity index (χ4n) is 1.86. The highest BCUT2D eigenvalue weighted by atomic mass is 16.4. The lowest BCUT2D eigenvalue weighted by molar-refractivity contribution is -0.148. The monoisotopic (exact) mass is 250 g/mol. The van der Waals surface area contributed by atoms with E-state index in [9.17, 15) is 15.0 Å². The second-order valence-corrected chi connectivity index (χ2v) is 4.49. The van der Waals surface area contributed by atoms with Gasteiger partial charge in [-0.1, -0.05) is 25.2 Å². The Labute approximate surface area is 107 Å². The first-order valence-electron chi connectivity index (χ1n) is 6.12. The molecule has 0 aliphatic heterocycles. The van der Waals surface area contributed by atoms with E-state index in [1.807, 2.05) is 7.85 Å². The number of carboxylic acid groups (broad SMARTS) is 1. The Balaban J connectivity index is 2.87. The van der Waals surface area contributed by atoms with E-state index in [0.29, 0.717) is 12.0 Å². The number of hydrogen-bond acceptors (Lipinski definition) is 4. The molecule has 1 heterocycles. The van der Waals surface area contributed by atoms with Crippen LogP contribution in [0.3, 0.4) is 0 Å². The number of aliphatic carboxylic acids is 1. The van der Waals surface area contributed by atoms with Gasteiger partial charge in [0.2, 0.25) is 0 Å². The van der Waals surface area contributed by atoms with Crippen molar-refractivity contribution in [1.29, 1.82) is 0 Å². The predicted octanol–water partition coefficient (Wildman–Crippen LogP) is 0.119. The van der Waals surface area contributed by atoms with Crippen molar-refractivity contribution in [1.82, 2.24) is 4.98 Å². The Kier molecular flexibility index (Phi) is 5.31. The van der Waals surface area contributed by atoms with Gasteiger partial charge in [-0.05, 0) is 12.5 Å². The van der Waals surface area contributed by atoms with Crippen LogP contribution in [0.1, 0.15) is 30.9 Å². The molecule has 1 aromatic rings. The Hall–Kier alpha value is -1.40. The van der Waals surface area contributed by atoms with Gasteiger partial charge < -0.3 is 15.9 Å². The third kappa shape index (κ3) is 3.30. The van der Waals surface area contributed by atoms with Gasteiger partial charge in [0, 0.05) is 18.0 Å². The highest BCUT2D eigenvalue weighted by molar-refractivity contribution is 6.08. The Morgan fingerprint density at radius 2 is 2.28 bits per heavy atom. The van der Waals surface area contributed by atoms with Crippen LogP contribution in [0.4, 0.5) is 0 Å². The molecule has 0 fully saturated rings. The highest BCUT2D eigenvalue weighted by Crippen LogP contribution is 2.28. The van der Waals surface area contributed by atoms with Crippen molar-refractivity contribution in [2.24, 2.45) is 5.73 Å². The summed E-state index contributed by atoms with van der Waals surface area (Å²) < 4.78 is 0. The third-order valence-corrected chi connectivity index (χ3v) is 3.08. The van der Waals surface area contributed by atoms with E-state index in [4.69, 9.17) is 5.73 Å². The molecule has 0 radical (unpaired) electrons. The summed E-state index contributed by atoms with van der Waals surface area (Å²) in [4.78, 5) is 15.2. The number of nitrogens with zero attached hydrogens (tertiary/aromatic N) is 1. The predicted molar refractivity (Wildman–Crippen MR) is 71.0 cm³/mol. The molecule has 2 unspecified atom stereocenters. The lowest BCUT2D eigenvalue weighted by atomic mass is 9.83. The fourth-order valence-corrected chi connectivity index (χ4v) is 1.86. The van der Waals surface area contributed by atoms with Crippen LogP contribution in [0.15, 0.2) is 24.5 Å². The van der Waals surface area contributed by atoms with E-state index in [2.05, 4.69) is 4.98 Å². The molecule has 1 aromatic heterocycles. The minimum absolute atomic E-state index is 0.242. The van der Waals surface area contributed by atoms with Crippen molar-refractivity contribution in [2.45, 2.75) is 37.2 Å². The molecular formula is C12H19BN2O3. The van der Waals surface area contributed by atoms with Gasteiger partial charge in [0.05, 0.1) is 0 Å². The maximum atomic E-state index is 11.3. The van der Waals surface area contributed by atoms with E-state index in [1.54, 1.807) is 18.3 Å². The second-order valence-electron chi connectivity index (χ2n) is 4.49. The summed E-state index contributed by atoms with van der Waals surface area (Å²) in [5, 5.41) is 19.4. The normalized spacial score (nSPS) is 15.9. The summed E-state index contributed by atoms with van der Waals surface area (Å²) in [5.41, 5.74) is 4.65. The molecule has 5 nitrogen and oxygen atoms in total. The zero-order valence-corrected chi connectivity index (χ0v) is 10.5. The molecule has 0 spiro atoms.